The van der Waals surface area contributed by atoms with E-state index in [0.29, 0.717) is 5.92 Å². The van der Waals surface area contributed by atoms with Crippen LogP contribution in [-0.2, 0) is 6.42 Å². The molecule has 0 radical (unpaired) electrons. The Morgan fingerprint density at radius 2 is 2.14 bits per heavy atom. The third-order valence-electron chi connectivity index (χ3n) is 3.25. The molecular formula is C10H15N3O. The summed E-state index contributed by atoms with van der Waals surface area (Å²) in [6, 6.07) is 0.240. The number of hydrogen-bond donors (Lipinski definition) is 1. The highest BCUT2D eigenvalue weighted by molar-refractivity contribution is 5.11. The lowest BCUT2D eigenvalue weighted by molar-refractivity contribution is 0.203. The number of hydrogen-bond acceptors (Lipinski definition) is 3. The summed E-state index contributed by atoms with van der Waals surface area (Å²) in [4.78, 5) is 0. The number of fused-ring (bicyclic) bond motifs is 1. The molecular weight excluding hydrogens is 178 g/mol. The normalized spacial score (nSPS) is 26.2. The molecule has 0 aromatic carbocycles. The highest BCUT2D eigenvalue weighted by Crippen LogP contribution is 2.41. The van der Waals surface area contributed by atoms with Gasteiger partial charge in [0, 0.05) is 12.3 Å². The Hall–Kier alpha value is -0.900. The molecule has 1 N–H and O–H groups in total. The Kier molecular flexibility index (Phi) is 1.83. The summed E-state index contributed by atoms with van der Waals surface area (Å²) in [7, 11) is 0. The second-order valence-electron chi connectivity index (χ2n) is 4.35. The van der Waals surface area contributed by atoms with Crippen molar-refractivity contribution in [3.05, 3.63) is 11.6 Å². The zero-order valence-electron chi connectivity index (χ0n) is 8.19. The second-order valence-corrected chi connectivity index (χ2v) is 4.35. The van der Waals surface area contributed by atoms with Crippen LogP contribution in [0.1, 0.15) is 49.3 Å². The molecule has 0 amide bonds. The molecule has 4 nitrogen and oxygen atoms in total. The molecule has 1 fully saturated rings. The van der Waals surface area contributed by atoms with Gasteiger partial charge in [-0.1, -0.05) is 0 Å². The van der Waals surface area contributed by atoms with Crippen molar-refractivity contribution in [3.8, 4) is 0 Å². The van der Waals surface area contributed by atoms with Crippen molar-refractivity contribution >= 4 is 0 Å². The first-order valence-electron chi connectivity index (χ1n) is 5.44. The van der Waals surface area contributed by atoms with Gasteiger partial charge in [-0.05, 0) is 25.7 Å². The van der Waals surface area contributed by atoms with Crippen LogP contribution in [0.15, 0.2) is 0 Å². The summed E-state index contributed by atoms with van der Waals surface area (Å²) < 4.78 is 2.20. The van der Waals surface area contributed by atoms with Gasteiger partial charge < -0.3 is 9.67 Å². The maximum atomic E-state index is 9.31. The van der Waals surface area contributed by atoms with E-state index in [1.807, 2.05) is 0 Å². The Bertz CT molecular complexity index is 343. The van der Waals surface area contributed by atoms with Crippen LogP contribution in [0, 0.1) is 0 Å². The van der Waals surface area contributed by atoms with E-state index in [1.165, 1.54) is 12.8 Å². The Morgan fingerprint density at radius 1 is 1.29 bits per heavy atom. The monoisotopic (exact) mass is 193 g/mol. The molecule has 1 saturated carbocycles. The van der Waals surface area contributed by atoms with Crippen LogP contribution < -0.4 is 0 Å². The van der Waals surface area contributed by atoms with E-state index in [1.54, 1.807) is 0 Å². The van der Waals surface area contributed by atoms with Crippen molar-refractivity contribution in [3.63, 3.8) is 0 Å². The quantitative estimate of drug-likeness (QED) is 0.763. The van der Waals surface area contributed by atoms with Gasteiger partial charge in [0.05, 0.1) is 12.6 Å². The highest BCUT2D eigenvalue weighted by Gasteiger charge is 2.33. The number of aryl methyl sites for hydroxylation is 1. The number of aliphatic hydroxyl groups is 1. The van der Waals surface area contributed by atoms with E-state index in [2.05, 4.69) is 14.8 Å². The van der Waals surface area contributed by atoms with Crippen molar-refractivity contribution in [2.75, 3.05) is 6.61 Å². The van der Waals surface area contributed by atoms with Crippen LogP contribution in [0.4, 0.5) is 0 Å². The first-order valence-corrected chi connectivity index (χ1v) is 5.44. The average molecular weight is 193 g/mol. The van der Waals surface area contributed by atoms with Gasteiger partial charge in [0.2, 0.25) is 0 Å². The molecule has 1 atom stereocenters. The van der Waals surface area contributed by atoms with Crippen LogP contribution in [0.25, 0.3) is 0 Å². The van der Waals surface area contributed by atoms with Gasteiger partial charge in [-0.2, -0.15) is 0 Å². The minimum absolute atomic E-state index is 0.227. The molecule has 0 saturated heterocycles. The minimum atomic E-state index is 0.227. The van der Waals surface area contributed by atoms with Gasteiger partial charge >= 0.3 is 0 Å². The summed E-state index contributed by atoms with van der Waals surface area (Å²) in [5.41, 5.74) is 0. The van der Waals surface area contributed by atoms with Crippen LogP contribution in [0.2, 0.25) is 0 Å². The first kappa shape index (κ1) is 8.41. The predicted molar refractivity (Wildman–Crippen MR) is 51.1 cm³/mol. The molecule has 1 aliphatic heterocycles. The maximum Gasteiger partial charge on any atom is 0.136 e. The second kappa shape index (κ2) is 3.05. The summed E-state index contributed by atoms with van der Waals surface area (Å²) in [5, 5.41) is 17.8. The Labute approximate surface area is 83.0 Å². The molecule has 4 heteroatoms. The third kappa shape index (κ3) is 1.17. The van der Waals surface area contributed by atoms with Crippen LogP contribution in [-0.4, -0.2) is 26.5 Å². The van der Waals surface area contributed by atoms with Crippen LogP contribution in [0.5, 0.6) is 0 Å². The van der Waals surface area contributed by atoms with Crippen LogP contribution in [0.3, 0.4) is 0 Å². The summed E-state index contributed by atoms with van der Waals surface area (Å²) in [6.07, 6.45) is 5.72. The zero-order valence-corrected chi connectivity index (χ0v) is 8.19. The van der Waals surface area contributed by atoms with E-state index >= 15 is 0 Å². The summed E-state index contributed by atoms with van der Waals surface area (Å²) in [5.74, 6) is 2.83. The lowest BCUT2D eigenvalue weighted by Crippen LogP contribution is -2.22. The molecule has 2 heterocycles. The molecule has 1 aromatic rings. The van der Waals surface area contributed by atoms with Crippen molar-refractivity contribution in [2.45, 2.75) is 44.1 Å². The van der Waals surface area contributed by atoms with Gasteiger partial charge in [0.25, 0.3) is 0 Å². The number of nitrogens with zero attached hydrogens (tertiary/aromatic N) is 3. The van der Waals surface area contributed by atoms with Crippen LogP contribution >= 0.6 is 0 Å². The number of aliphatic hydroxyl groups excluding tert-OH is 1. The van der Waals surface area contributed by atoms with E-state index in [-0.39, 0.29) is 12.6 Å². The largest absolute Gasteiger partial charge is 0.394 e. The maximum absolute atomic E-state index is 9.31. The topological polar surface area (TPSA) is 50.9 Å². The Balaban J connectivity index is 2.02. The summed E-state index contributed by atoms with van der Waals surface area (Å²) >= 11 is 0. The van der Waals surface area contributed by atoms with Crippen molar-refractivity contribution in [1.82, 2.24) is 14.8 Å². The SMILES string of the molecule is OCC1CCCc2nnc(C3CC3)n21. The van der Waals surface area contributed by atoms with E-state index < -0.39 is 0 Å². The first-order chi connectivity index (χ1) is 6.90. The smallest absolute Gasteiger partial charge is 0.136 e. The van der Waals surface area contributed by atoms with E-state index in [9.17, 15) is 5.11 Å². The lowest BCUT2D eigenvalue weighted by atomic mass is 10.0. The minimum Gasteiger partial charge on any atom is -0.394 e. The van der Waals surface area contributed by atoms with Crippen molar-refractivity contribution < 1.29 is 5.11 Å². The standard InChI is InChI=1S/C10H15N3O/c14-6-8-2-1-3-9-11-12-10(13(8)9)7-4-5-7/h7-8,14H,1-6H2. The van der Waals surface area contributed by atoms with Gasteiger partial charge in [-0.3, -0.25) is 0 Å². The molecule has 1 aromatic heterocycles. The molecule has 76 valence electrons. The Morgan fingerprint density at radius 3 is 2.86 bits per heavy atom. The number of rotatable bonds is 2. The van der Waals surface area contributed by atoms with Crippen molar-refractivity contribution in [2.24, 2.45) is 0 Å². The van der Waals surface area contributed by atoms with E-state index in [4.69, 9.17) is 0 Å². The fourth-order valence-corrected chi connectivity index (χ4v) is 2.32. The molecule has 0 bridgehead atoms. The molecule has 0 spiro atoms. The molecule has 3 rings (SSSR count). The summed E-state index contributed by atoms with van der Waals surface area (Å²) in [6.45, 7) is 0.227. The highest BCUT2D eigenvalue weighted by atomic mass is 16.3. The van der Waals surface area contributed by atoms with Gasteiger partial charge in [0.1, 0.15) is 11.6 Å². The van der Waals surface area contributed by atoms with Gasteiger partial charge in [-0.25, -0.2) is 0 Å². The average Bonchev–Trinajstić information content (AvgIpc) is 2.97. The van der Waals surface area contributed by atoms with Crippen molar-refractivity contribution in [1.29, 1.82) is 0 Å². The molecule has 2 aliphatic rings. The molecule has 1 unspecified atom stereocenters. The fourth-order valence-electron chi connectivity index (χ4n) is 2.32. The lowest BCUT2D eigenvalue weighted by Gasteiger charge is -2.24. The van der Waals surface area contributed by atoms with Gasteiger partial charge in [0.15, 0.2) is 0 Å². The number of aromatic nitrogens is 3. The molecule has 1 aliphatic carbocycles. The fraction of sp³-hybridized carbons (Fsp3) is 0.800. The van der Waals surface area contributed by atoms with E-state index in [0.717, 1.165) is 30.9 Å². The zero-order chi connectivity index (χ0) is 9.54. The third-order valence-corrected chi connectivity index (χ3v) is 3.25. The predicted octanol–water partition coefficient (Wildman–Crippen LogP) is 1.03. The van der Waals surface area contributed by atoms with Gasteiger partial charge in [-0.15, -0.1) is 10.2 Å². The molecule has 14 heavy (non-hydrogen) atoms.